The van der Waals surface area contributed by atoms with Gasteiger partial charge in [-0.2, -0.15) is 0 Å². The van der Waals surface area contributed by atoms with Crippen molar-refractivity contribution in [1.82, 2.24) is 46.1 Å². The predicted molar refractivity (Wildman–Crippen MR) is 191 cm³/mol. The summed E-state index contributed by atoms with van der Waals surface area (Å²) in [6.07, 6.45) is 12.8. The number of aliphatic hydroxyl groups excluding tert-OH is 1. The number of piperidine rings is 1. The Morgan fingerprint density at radius 3 is 2.52 bits per heavy atom. The van der Waals surface area contributed by atoms with Gasteiger partial charge in [0.2, 0.25) is 11.8 Å². The molecule has 6 rings (SSSR count). The van der Waals surface area contributed by atoms with Crippen molar-refractivity contribution in [1.29, 1.82) is 0 Å². The van der Waals surface area contributed by atoms with Crippen LogP contribution < -0.4 is 26.0 Å². The Balaban J connectivity index is 1.04. The number of ether oxygens (including phenoxy) is 1. The summed E-state index contributed by atoms with van der Waals surface area (Å²) in [5.41, 5.74) is 4.37. The summed E-state index contributed by atoms with van der Waals surface area (Å²) in [6.45, 7) is 8.59. The van der Waals surface area contributed by atoms with Gasteiger partial charge < -0.3 is 20.1 Å². The highest BCUT2D eigenvalue weighted by molar-refractivity contribution is 5.83. The molecule has 1 aromatic carbocycles. The average molecular weight is 694 g/mol. The first-order valence-electron chi connectivity index (χ1n) is 19.0. The number of aliphatic hydroxyl groups is 1. The minimum Gasteiger partial charge on any atom is -0.487 e. The van der Waals surface area contributed by atoms with Crippen molar-refractivity contribution in [2.45, 2.75) is 122 Å². The van der Waals surface area contributed by atoms with Crippen molar-refractivity contribution >= 4 is 11.8 Å². The fourth-order valence-corrected chi connectivity index (χ4v) is 8.80. The third-order valence-electron chi connectivity index (χ3n) is 11.8. The van der Waals surface area contributed by atoms with Crippen molar-refractivity contribution in [2.75, 3.05) is 39.4 Å². The Hall–Kier alpha value is -3.10. The number of aromatic nitrogens is 3. The molecule has 2 amide bonds. The number of fused-ring (bicyclic) bond motifs is 1. The Labute approximate surface area is 297 Å². The Morgan fingerprint density at radius 2 is 1.82 bits per heavy atom. The van der Waals surface area contributed by atoms with Crippen molar-refractivity contribution < 1.29 is 19.4 Å². The lowest BCUT2D eigenvalue weighted by molar-refractivity contribution is -0.132. The molecular weight excluding hydrogens is 634 g/mol. The zero-order valence-corrected chi connectivity index (χ0v) is 30.4. The monoisotopic (exact) mass is 693 g/mol. The fourth-order valence-electron chi connectivity index (χ4n) is 8.80. The molecule has 4 heterocycles. The molecule has 1 aliphatic carbocycles. The molecule has 3 atom stereocenters. The van der Waals surface area contributed by atoms with Crippen LogP contribution in [0, 0.1) is 12.3 Å². The summed E-state index contributed by atoms with van der Waals surface area (Å²) in [6, 6.07) is 4.13. The molecule has 1 spiro atoms. The van der Waals surface area contributed by atoms with Gasteiger partial charge in [0.15, 0.2) is 0 Å². The normalized spacial score (nSPS) is 24.1. The van der Waals surface area contributed by atoms with E-state index in [1.165, 1.54) is 36.8 Å². The molecule has 4 aliphatic rings. The van der Waals surface area contributed by atoms with E-state index in [4.69, 9.17) is 4.74 Å². The van der Waals surface area contributed by atoms with E-state index in [1.54, 1.807) is 17.8 Å². The first-order valence-corrected chi connectivity index (χ1v) is 19.0. The summed E-state index contributed by atoms with van der Waals surface area (Å²) >= 11 is 0. The second-order valence-electron chi connectivity index (χ2n) is 15.1. The van der Waals surface area contributed by atoms with Crippen LogP contribution >= 0.6 is 0 Å². The third-order valence-corrected chi connectivity index (χ3v) is 11.8. The highest BCUT2D eigenvalue weighted by atomic mass is 16.5. The van der Waals surface area contributed by atoms with Crippen LogP contribution in [0.1, 0.15) is 93.5 Å². The second kappa shape index (κ2) is 16.9. The van der Waals surface area contributed by atoms with Gasteiger partial charge in [-0.15, -0.1) is 5.10 Å². The zero-order chi connectivity index (χ0) is 35.1. The van der Waals surface area contributed by atoms with Crippen molar-refractivity contribution in [2.24, 2.45) is 12.5 Å². The van der Waals surface area contributed by atoms with Gasteiger partial charge in [0, 0.05) is 71.4 Å². The molecule has 13 nitrogen and oxygen atoms in total. The number of benzene rings is 1. The van der Waals surface area contributed by atoms with E-state index in [0.717, 1.165) is 88.1 Å². The molecule has 1 aromatic heterocycles. The Morgan fingerprint density at radius 1 is 1.08 bits per heavy atom. The maximum absolute atomic E-state index is 14.1. The number of nitrogens with one attached hydrogen (secondary N) is 4. The van der Waals surface area contributed by atoms with Crippen molar-refractivity contribution in [3.05, 3.63) is 40.7 Å². The van der Waals surface area contributed by atoms with Crippen LogP contribution in [-0.2, 0) is 36.2 Å². The van der Waals surface area contributed by atoms with Crippen LogP contribution in [-0.4, -0.2) is 105 Å². The predicted octanol–water partition coefficient (Wildman–Crippen LogP) is 2.10. The number of carbonyl (C=O) groups is 2. The lowest BCUT2D eigenvalue weighted by Gasteiger charge is -2.52. The first kappa shape index (κ1) is 36.7. The standard InChI is InChI=1S/C37H59N9O4/c1-26-32-14-17-45(22-28(32)10-11-33(26)50-24-30-20-41-43-44(30)3)23-31(48)21-38-35(49)34-37(15-8-6-4-5-7-9-16-37)36(40-25-39-34)42-29-12-18-46(19-13-29)27(2)47/h10-11,20,29,31,34,36,39-40,42,48H,4-9,12-19,21-25H2,1-3H3,(H,38,49)/t31-,34?,36?/m0/s1. The van der Waals surface area contributed by atoms with Crippen LogP contribution in [0.5, 0.6) is 5.75 Å². The number of likely N-dealkylation sites (tertiary alicyclic amines) is 1. The molecule has 0 radical (unpaired) electrons. The van der Waals surface area contributed by atoms with Gasteiger partial charge in [-0.25, -0.2) is 4.68 Å². The number of nitrogens with zero attached hydrogens (tertiary/aromatic N) is 5. The third kappa shape index (κ3) is 8.67. The van der Waals surface area contributed by atoms with Gasteiger partial charge in [0.1, 0.15) is 12.4 Å². The highest BCUT2D eigenvalue weighted by Gasteiger charge is 2.50. The molecule has 1 saturated carbocycles. The zero-order valence-electron chi connectivity index (χ0n) is 30.4. The number of carbonyl (C=O) groups excluding carboxylic acids is 2. The summed E-state index contributed by atoms with van der Waals surface area (Å²) in [4.78, 5) is 30.2. The molecule has 5 N–H and O–H groups in total. The molecule has 2 unspecified atom stereocenters. The van der Waals surface area contributed by atoms with E-state index >= 15 is 0 Å². The Kier molecular flexibility index (Phi) is 12.4. The lowest BCUT2D eigenvalue weighted by atomic mass is 9.68. The highest BCUT2D eigenvalue weighted by Crippen LogP contribution is 2.41. The molecule has 3 aliphatic heterocycles. The smallest absolute Gasteiger partial charge is 0.237 e. The van der Waals surface area contributed by atoms with Gasteiger partial charge in [-0.1, -0.05) is 49.8 Å². The average Bonchev–Trinajstić information content (AvgIpc) is 3.57. The number of hydrogen-bond acceptors (Lipinski definition) is 10. The lowest BCUT2D eigenvalue weighted by Crippen LogP contribution is -2.73. The number of rotatable bonds is 10. The molecule has 276 valence electrons. The summed E-state index contributed by atoms with van der Waals surface area (Å²) in [5.74, 6) is 1.00. The molecule has 13 heteroatoms. The van der Waals surface area contributed by atoms with Crippen LogP contribution in [0.15, 0.2) is 18.3 Å². The maximum atomic E-state index is 14.1. The van der Waals surface area contributed by atoms with Gasteiger partial charge in [0.25, 0.3) is 0 Å². The number of amides is 2. The molecule has 0 bridgehead atoms. The van der Waals surface area contributed by atoms with Crippen LogP contribution in [0.25, 0.3) is 0 Å². The van der Waals surface area contributed by atoms with E-state index in [2.05, 4.69) is 49.5 Å². The summed E-state index contributed by atoms with van der Waals surface area (Å²) in [5, 5.41) is 33.5. The molecule has 3 fully saturated rings. The van der Waals surface area contributed by atoms with Crippen LogP contribution in [0.2, 0.25) is 0 Å². The van der Waals surface area contributed by atoms with Crippen molar-refractivity contribution in [3.63, 3.8) is 0 Å². The second-order valence-corrected chi connectivity index (χ2v) is 15.1. The summed E-state index contributed by atoms with van der Waals surface area (Å²) < 4.78 is 7.84. The van der Waals surface area contributed by atoms with E-state index in [1.807, 2.05) is 18.0 Å². The van der Waals surface area contributed by atoms with Crippen LogP contribution in [0.4, 0.5) is 0 Å². The molecular formula is C37H59N9O4. The number of β-amino-alcohol motifs (C(OH)–C–C–N with tert-alkyl or cyclic N) is 1. The van der Waals surface area contributed by atoms with E-state index in [-0.39, 0.29) is 36.0 Å². The van der Waals surface area contributed by atoms with Gasteiger partial charge in [0.05, 0.1) is 30.2 Å². The van der Waals surface area contributed by atoms with Crippen LogP contribution in [0.3, 0.4) is 0 Å². The minimum absolute atomic E-state index is 0.00588. The molecule has 2 aromatic rings. The number of aryl methyl sites for hydroxylation is 1. The first-order chi connectivity index (χ1) is 24.2. The quantitative estimate of drug-likeness (QED) is 0.251. The molecule has 50 heavy (non-hydrogen) atoms. The topological polar surface area (TPSA) is 149 Å². The van der Waals surface area contributed by atoms with E-state index in [9.17, 15) is 14.7 Å². The minimum atomic E-state index is -0.671. The molecule has 2 saturated heterocycles. The summed E-state index contributed by atoms with van der Waals surface area (Å²) in [7, 11) is 1.86. The van der Waals surface area contributed by atoms with Gasteiger partial charge >= 0.3 is 0 Å². The Bertz CT molecular complexity index is 1430. The van der Waals surface area contributed by atoms with Crippen molar-refractivity contribution in [3.8, 4) is 5.75 Å². The van der Waals surface area contributed by atoms with E-state index in [0.29, 0.717) is 25.9 Å². The van der Waals surface area contributed by atoms with Gasteiger partial charge in [-0.3, -0.25) is 30.4 Å². The SMILES string of the molecule is CC(=O)N1CCC(NC2NCNC(C(=O)NC[C@H](O)CN3CCc4c(ccc(OCc5cnnn5C)c4C)C3)C23CCCCCCCC3)CC1. The van der Waals surface area contributed by atoms with Gasteiger partial charge in [-0.05, 0) is 61.8 Å². The fraction of sp³-hybridized carbons (Fsp3) is 0.730. The van der Waals surface area contributed by atoms with E-state index < -0.39 is 6.10 Å². The maximum Gasteiger partial charge on any atom is 0.237 e. The number of hydrogen-bond donors (Lipinski definition) is 5. The largest absolute Gasteiger partial charge is 0.487 e.